The minimum atomic E-state index is 0.0616. The van der Waals surface area contributed by atoms with E-state index in [1.54, 1.807) is 0 Å². The SMILES string of the molecule is CC(C)(C)c1nccc2cn[nH]c12. The highest BCUT2D eigenvalue weighted by Gasteiger charge is 2.18. The maximum absolute atomic E-state index is 4.38. The number of fused-ring (bicyclic) bond motifs is 1. The number of rotatable bonds is 0. The van der Waals surface area contributed by atoms with Crippen molar-refractivity contribution in [1.82, 2.24) is 15.2 Å². The molecule has 0 amide bonds. The van der Waals surface area contributed by atoms with Crippen LogP contribution in [0.4, 0.5) is 0 Å². The highest BCUT2D eigenvalue weighted by molar-refractivity contribution is 5.80. The molecule has 3 nitrogen and oxygen atoms in total. The molecule has 0 fully saturated rings. The van der Waals surface area contributed by atoms with Crippen molar-refractivity contribution in [3.05, 3.63) is 24.2 Å². The standard InChI is InChI=1S/C10H13N3/c1-10(2,3)9-8-7(4-5-11-9)6-12-13-8/h4-6H,1-3H3,(H,12,13). The van der Waals surface area contributed by atoms with Gasteiger partial charge < -0.3 is 0 Å². The van der Waals surface area contributed by atoms with E-state index in [4.69, 9.17) is 0 Å². The van der Waals surface area contributed by atoms with Gasteiger partial charge in [-0.05, 0) is 6.07 Å². The third kappa shape index (κ3) is 1.30. The maximum Gasteiger partial charge on any atom is 0.0871 e. The summed E-state index contributed by atoms with van der Waals surface area (Å²) in [7, 11) is 0. The van der Waals surface area contributed by atoms with Crippen molar-refractivity contribution in [2.24, 2.45) is 0 Å². The van der Waals surface area contributed by atoms with Crippen molar-refractivity contribution in [3.63, 3.8) is 0 Å². The lowest BCUT2D eigenvalue weighted by atomic mass is 9.90. The molecule has 0 saturated carbocycles. The second-order valence-corrected chi connectivity index (χ2v) is 4.24. The smallest absolute Gasteiger partial charge is 0.0871 e. The summed E-state index contributed by atoms with van der Waals surface area (Å²) in [5, 5.41) is 8.12. The molecule has 1 N–H and O–H groups in total. The van der Waals surface area contributed by atoms with E-state index in [1.807, 2.05) is 18.5 Å². The molecule has 0 aliphatic carbocycles. The monoisotopic (exact) mass is 175 g/mol. The summed E-state index contributed by atoms with van der Waals surface area (Å²) >= 11 is 0. The first kappa shape index (κ1) is 8.23. The Balaban J connectivity index is 2.75. The van der Waals surface area contributed by atoms with Gasteiger partial charge in [-0.3, -0.25) is 10.1 Å². The molecule has 0 atom stereocenters. The normalized spacial score (nSPS) is 12.2. The molecule has 0 aromatic carbocycles. The van der Waals surface area contributed by atoms with Crippen molar-refractivity contribution >= 4 is 10.9 Å². The summed E-state index contributed by atoms with van der Waals surface area (Å²) < 4.78 is 0. The fraction of sp³-hybridized carbons (Fsp3) is 0.400. The lowest BCUT2D eigenvalue weighted by Crippen LogP contribution is -2.13. The largest absolute Gasteiger partial charge is 0.276 e. The Hall–Kier alpha value is -1.38. The van der Waals surface area contributed by atoms with Gasteiger partial charge in [-0.1, -0.05) is 20.8 Å². The number of nitrogens with one attached hydrogen (secondary N) is 1. The number of hydrogen-bond donors (Lipinski definition) is 1. The van der Waals surface area contributed by atoms with E-state index >= 15 is 0 Å². The Bertz CT molecular complexity index is 423. The van der Waals surface area contributed by atoms with Crippen LogP contribution in [0, 0.1) is 0 Å². The van der Waals surface area contributed by atoms with Crippen molar-refractivity contribution in [2.45, 2.75) is 26.2 Å². The van der Waals surface area contributed by atoms with Gasteiger partial charge in [0.15, 0.2) is 0 Å². The Labute approximate surface area is 77.2 Å². The van der Waals surface area contributed by atoms with E-state index < -0.39 is 0 Å². The highest BCUT2D eigenvalue weighted by atomic mass is 15.1. The summed E-state index contributed by atoms with van der Waals surface area (Å²) in [4.78, 5) is 4.38. The molecule has 68 valence electrons. The molecule has 2 rings (SSSR count). The first-order chi connectivity index (χ1) is 6.09. The molecule has 0 unspecified atom stereocenters. The molecule has 3 heteroatoms. The van der Waals surface area contributed by atoms with Gasteiger partial charge in [0.05, 0.1) is 17.4 Å². The first-order valence-corrected chi connectivity index (χ1v) is 4.37. The molecular formula is C10H13N3. The molecule has 0 radical (unpaired) electrons. The highest BCUT2D eigenvalue weighted by Crippen LogP contribution is 2.25. The molecular weight excluding hydrogens is 162 g/mol. The van der Waals surface area contributed by atoms with Crippen LogP contribution >= 0.6 is 0 Å². The second-order valence-electron chi connectivity index (χ2n) is 4.24. The van der Waals surface area contributed by atoms with Crippen LogP contribution < -0.4 is 0 Å². The summed E-state index contributed by atoms with van der Waals surface area (Å²) in [5.74, 6) is 0. The van der Waals surface area contributed by atoms with Crippen LogP contribution in [0.1, 0.15) is 26.5 Å². The topological polar surface area (TPSA) is 41.6 Å². The summed E-state index contributed by atoms with van der Waals surface area (Å²) in [5.41, 5.74) is 2.18. The van der Waals surface area contributed by atoms with Crippen LogP contribution in [0.15, 0.2) is 18.5 Å². The fourth-order valence-corrected chi connectivity index (χ4v) is 1.44. The Kier molecular flexibility index (Phi) is 1.62. The lowest BCUT2D eigenvalue weighted by Gasteiger charge is -2.17. The zero-order valence-electron chi connectivity index (χ0n) is 8.13. The van der Waals surface area contributed by atoms with Gasteiger partial charge in [0, 0.05) is 17.0 Å². The number of aromatic nitrogens is 3. The Morgan fingerprint density at radius 3 is 2.77 bits per heavy atom. The van der Waals surface area contributed by atoms with Crippen LogP contribution in [0.5, 0.6) is 0 Å². The van der Waals surface area contributed by atoms with Crippen LogP contribution in [0.2, 0.25) is 0 Å². The van der Waals surface area contributed by atoms with Crippen LogP contribution in [-0.2, 0) is 5.41 Å². The van der Waals surface area contributed by atoms with Gasteiger partial charge in [-0.15, -0.1) is 0 Å². The number of pyridine rings is 1. The van der Waals surface area contributed by atoms with Crippen LogP contribution in [0.3, 0.4) is 0 Å². The molecule has 2 aromatic heterocycles. The van der Waals surface area contributed by atoms with Gasteiger partial charge in [0.1, 0.15) is 0 Å². The van der Waals surface area contributed by atoms with Crippen molar-refractivity contribution in [3.8, 4) is 0 Å². The Morgan fingerprint density at radius 2 is 2.08 bits per heavy atom. The average molecular weight is 175 g/mol. The molecule has 13 heavy (non-hydrogen) atoms. The molecule has 0 bridgehead atoms. The number of hydrogen-bond acceptors (Lipinski definition) is 2. The molecule has 0 aliphatic heterocycles. The molecule has 2 aromatic rings. The van der Waals surface area contributed by atoms with E-state index in [2.05, 4.69) is 36.0 Å². The third-order valence-electron chi connectivity index (χ3n) is 2.07. The van der Waals surface area contributed by atoms with Crippen molar-refractivity contribution in [1.29, 1.82) is 0 Å². The second kappa shape index (κ2) is 2.55. The van der Waals surface area contributed by atoms with E-state index in [-0.39, 0.29) is 5.41 Å². The quantitative estimate of drug-likeness (QED) is 0.667. The van der Waals surface area contributed by atoms with Crippen LogP contribution in [0.25, 0.3) is 10.9 Å². The third-order valence-corrected chi connectivity index (χ3v) is 2.07. The fourth-order valence-electron chi connectivity index (χ4n) is 1.44. The number of H-pyrrole nitrogens is 1. The molecule has 0 aliphatic rings. The predicted molar refractivity (Wildman–Crippen MR) is 52.6 cm³/mol. The average Bonchev–Trinajstić information content (AvgIpc) is 2.48. The minimum absolute atomic E-state index is 0.0616. The minimum Gasteiger partial charge on any atom is -0.276 e. The number of aromatic amines is 1. The van der Waals surface area contributed by atoms with E-state index in [9.17, 15) is 0 Å². The first-order valence-electron chi connectivity index (χ1n) is 4.37. The number of nitrogens with zero attached hydrogens (tertiary/aromatic N) is 2. The lowest BCUT2D eigenvalue weighted by molar-refractivity contribution is 0.574. The zero-order chi connectivity index (χ0) is 9.47. The van der Waals surface area contributed by atoms with Gasteiger partial charge in [-0.2, -0.15) is 5.10 Å². The Morgan fingerprint density at radius 1 is 1.31 bits per heavy atom. The summed E-state index contributed by atoms with van der Waals surface area (Å²) in [6.07, 6.45) is 3.66. The molecule has 0 spiro atoms. The zero-order valence-corrected chi connectivity index (χ0v) is 8.13. The van der Waals surface area contributed by atoms with E-state index in [0.717, 1.165) is 16.6 Å². The van der Waals surface area contributed by atoms with Crippen molar-refractivity contribution in [2.75, 3.05) is 0 Å². The van der Waals surface area contributed by atoms with Gasteiger partial charge in [0.25, 0.3) is 0 Å². The van der Waals surface area contributed by atoms with Gasteiger partial charge in [-0.25, -0.2) is 0 Å². The van der Waals surface area contributed by atoms with Gasteiger partial charge in [0.2, 0.25) is 0 Å². The summed E-state index contributed by atoms with van der Waals surface area (Å²) in [6, 6.07) is 1.97. The van der Waals surface area contributed by atoms with E-state index in [1.165, 1.54) is 0 Å². The molecule has 0 saturated heterocycles. The predicted octanol–water partition coefficient (Wildman–Crippen LogP) is 2.26. The van der Waals surface area contributed by atoms with Gasteiger partial charge >= 0.3 is 0 Å². The van der Waals surface area contributed by atoms with Crippen molar-refractivity contribution < 1.29 is 0 Å². The van der Waals surface area contributed by atoms with E-state index in [0.29, 0.717) is 0 Å². The summed E-state index contributed by atoms with van der Waals surface area (Å²) in [6.45, 7) is 6.45. The van der Waals surface area contributed by atoms with Crippen LogP contribution in [-0.4, -0.2) is 15.2 Å². The maximum atomic E-state index is 4.38. The molecule has 2 heterocycles.